The SMILES string of the molecule is Cc1ccc(SCCNC(=O)CSc2nc3ccccc3n2C)cc1. The number of hydrogen-bond donors (Lipinski definition) is 1. The molecule has 1 amide bonds. The largest absolute Gasteiger partial charge is 0.355 e. The minimum absolute atomic E-state index is 0.0431. The standard InChI is InChI=1S/C19H21N3OS2/c1-14-7-9-15(10-8-14)24-12-11-20-18(23)13-25-19-21-16-5-3-4-6-17(16)22(19)2/h3-10H,11-13H2,1-2H3,(H,20,23). The lowest BCUT2D eigenvalue weighted by molar-refractivity contribution is -0.118. The second-order valence-corrected chi connectivity index (χ2v) is 7.85. The Morgan fingerprint density at radius 1 is 1.12 bits per heavy atom. The molecule has 0 atom stereocenters. The van der Waals surface area contributed by atoms with Gasteiger partial charge in [-0.05, 0) is 31.2 Å². The molecule has 25 heavy (non-hydrogen) atoms. The van der Waals surface area contributed by atoms with Crippen molar-refractivity contribution < 1.29 is 4.79 Å². The number of fused-ring (bicyclic) bond motifs is 1. The summed E-state index contributed by atoms with van der Waals surface area (Å²) in [6.07, 6.45) is 0. The van der Waals surface area contributed by atoms with E-state index in [-0.39, 0.29) is 5.91 Å². The molecule has 0 radical (unpaired) electrons. The number of aryl methyl sites for hydroxylation is 2. The summed E-state index contributed by atoms with van der Waals surface area (Å²) >= 11 is 3.22. The third kappa shape index (κ3) is 4.80. The maximum Gasteiger partial charge on any atom is 0.230 e. The van der Waals surface area contributed by atoms with Gasteiger partial charge >= 0.3 is 0 Å². The van der Waals surface area contributed by atoms with Gasteiger partial charge in [-0.15, -0.1) is 11.8 Å². The minimum Gasteiger partial charge on any atom is -0.355 e. The van der Waals surface area contributed by atoms with Crippen molar-refractivity contribution in [1.82, 2.24) is 14.9 Å². The maximum atomic E-state index is 12.0. The summed E-state index contributed by atoms with van der Waals surface area (Å²) in [5, 5.41) is 3.84. The number of imidazole rings is 1. The van der Waals surface area contributed by atoms with Gasteiger partial charge < -0.3 is 9.88 Å². The fourth-order valence-corrected chi connectivity index (χ4v) is 4.01. The van der Waals surface area contributed by atoms with Crippen molar-refractivity contribution in [3.63, 3.8) is 0 Å². The quantitative estimate of drug-likeness (QED) is 0.506. The summed E-state index contributed by atoms with van der Waals surface area (Å²) in [5.41, 5.74) is 3.30. The average Bonchev–Trinajstić information content (AvgIpc) is 2.95. The molecule has 1 N–H and O–H groups in total. The van der Waals surface area contributed by atoms with E-state index in [0.29, 0.717) is 12.3 Å². The predicted octanol–water partition coefficient (Wildman–Crippen LogP) is 3.88. The Balaban J connectivity index is 1.41. The molecule has 3 rings (SSSR count). The molecule has 0 saturated heterocycles. The van der Waals surface area contributed by atoms with Gasteiger partial charge in [0, 0.05) is 24.2 Å². The van der Waals surface area contributed by atoms with Gasteiger partial charge in [-0.2, -0.15) is 0 Å². The molecule has 130 valence electrons. The van der Waals surface area contributed by atoms with Crippen LogP contribution in [0.4, 0.5) is 0 Å². The number of carbonyl (C=O) groups excluding carboxylic acids is 1. The van der Waals surface area contributed by atoms with Crippen LogP contribution in [0.5, 0.6) is 0 Å². The fraction of sp³-hybridized carbons (Fsp3) is 0.263. The number of benzene rings is 2. The van der Waals surface area contributed by atoms with Crippen LogP contribution in [0.2, 0.25) is 0 Å². The Hall–Kier alpha value is -1.92. The first kappa shape index (κ1) is 17.9. The van der Waals surface area contributed by atoms with Crippen LogP contribution in [0, 0.1) is 6.92 Å². The van der Waals surface area contributed by atoms with E-state index in [1.165, 1.54) is 22.2 Å². The fourth-order valence-electron chi connectivity index (χ4n) is 2.43. The van der Waals surface area contributed by atoms with Crippen LogP contribution in [0.25, 0.3) is 11.0 Å². The molecule has 1 heterocycles. The summed E-state index contributed by atoms with van der Waals surface area (Å²) < 4.78 is 2.03. The van der Waals surface area contributed by atoms with E-state index in [1.807, 2.05) is 35.9 Å². The van der Waals surface area contributed by atoms with Crippen LogP contribution in [0.3, 0.4) is 0 Å². The number of para-hydroxylation sites is 2. The summed E-state index contributed by atoms with van der Waals surface area (Å²) in [4.78, 5) is 17.8. The molecular weight excluding hydrogens is 350 g/mol. The van der Waals surface area contributed by atoms with Gasteiger partial charge in [0.25, 0.3) is 0 Å². The molecule has 0 spiro atoms. The number of carbonyl (C=O) groups is 1. The van der Waals surface area contributed by atoms with E-state index in [4.69, 9.17) is 0 Å². The second kappa shape index (κ2) is 8.45. The topological polar surface area (TPSA) is 46.9 Å². The number of nitrogens with one attached hydrogen (secondary N) is 1. The molecule has 0 aliphatic carbocycles. The van der Waals surface area contributed by atoms with Gasteiger partial charge in [-0.3, -0.25) is 4.79 Å². The Bertz CT molecular complexity index is 859. The van der Waals surface area contributed by atoms with Gasteiger partial charge in [0.15, 0.2) is 5.16 Å². The maximum absolute atomic E-state index is 12.0. The van der Waals surface area contributed by atoms with Gasteiger partial charge in [0.05, 0.1) is 16.8 Å². The molecule has 6 heteroatoms. The molecule has 1 aromatic heterocycles. The molecule has 2 aromatic carbocycles. The van der Waals surface area contributed by atoms with E-state index in [2.05, 4.69) is 41.5 Å². The first-order valence-corrected chi connectivity index (χ1v) is 10.1. The third-order valence-corrected chi connectivity index (χ3v) is 5.84. The molecular formula is C19H21N3OS2. The van der Waals surface area contributed by atoms with Gasteiger partial charge in [-0.1, -0.05) is 41.6 Å². The summed E-state index contributed by atoms with van der Waals surface area (Å²) in [5.74, 6) is 1.29. The van der Waals surface area contributed by atoms with Crippen molar-refractivity contribution in [2.45, 2.75) is 17.0 Å². The molecule has 0 unspecified atom stereocenters. The Morgan fingerprint density at radius 3 is 2.64 bits per heavy atom. The van der Waals surface area contributed by atoms with Gasteiger partial charge in [-0.25, -0.2) is 4.98 Å². The lowest BCUT2D eigenvalue weighted by atomic mass is 10.2. The monoisotopic (exact) mass is 371 g/mol. The highest BCUT2D eigenvalue weighted by Crippen LogP contribution is 2.22. The third-order valence-electron chi connectivity index (χ3n) is 3.79. The van der Waals surface area contributed by atoms with Crippen molar-refractivity contribution >= 4 is 40.5 Å². The zero-order chi connectivity index (χ0) is 17.6. The zero-order valence-corrected chi connectivity index (χ0v) is 16.0. The zero-order valence-electron chi connectivity index (χ0n) is 14.4. The lowest BCUT2D eigenvalue weighted by Crippen LogP contribution is -2.27. The average molecular weight is 372 g/mol. The molecule has 0 fully saturated rings. The number of thioether (sulfide) groups is 2. The Morgan fingerprint density at radius 2 is 1.88 bits per heavy atom. The van der Waals surface area contributed by atoms with E-state index < -0.39 is 0 Å². The lowest BCUT2D eigenvalue weighted by Gasteiger charge is -2.06. The normalized spacial score (nSPS) is 11.0. The molecule has 4 nitrogen and oxygen atoms in total. The smallest absolute Gasteiger partial charge is 0.230 e. The highest BCUT2D eigenvalue weighted by Gasteiger charge is 2.10. The molecule has 0 aliphatic rings. The first-order chi connectivity index (χ1) is 12.1. The van der Waals surface area contributed by atoms with Crippen molar-refractivity contribution in [3.8, 4) is 0 Å². The van der Waals surface area contributed by atoms with Crippen molar-refractivity contribution in [2.75, 3.05) is 18.1 Å². The number of rotatable bonds is 7. The van der Waals surface area contributed by atoms with E-state index in [1.54, 1.807) is 11.8 Å². The van der Waals surface area contributed by atoms with Crippen LogP contribution in [0.15, 0.2) is 58.6 Å². The highest BCUT2D eigenvalue weighted by molar-refractivity contribution is 7.99. The van der Waals surface area contributed by atoms with Crippen molar-refractivity contribution in [2.24, 2.45) is 7.05 Å². The minimum atomic E-state index is 0.0431. The van der Waals surface area contributed by atoms with Gasteiger partial charge in [0.1, 0.15) is 0 Å². The molecule has 0 bridgehead atoms. The second-order valence-electron chi connectivity index (χ2n) is 5.74. The molecule has 3 aromatic rings. The van der Waals surface area contributed by atoms with Crippen molar-refractivity contribution in [3.05, 3.63) is 54.1 Å². The van der Waals surface area contributed by atoms with Crippen LogP contribution in [-0.4, -0.2) is 33.5 Å². The van der Waals surface area contributed by atoms with Gasteiger partial charge in [0.2, 0.25) is 5.91 Å². The summed E-state index contributed by atoms with van der Waals surface area (Å²) in [6, 6.07) is 16.4. The van der Waals surface area contributed by atoms with Crippen LogP contribution < -0.4 is 5.32 Å². The first-order valence-electron chi connectivity index (χ1n) is 8.14. The summed E-state index contributed by atoms with van der Waals surface area (Å²) in [7, 11) is 1.98. The van der Waals surface area contributed by atoms with Crippen molar-refractivity contribution in [1.29, 1.82) is 0 Å². The predicted molar refractivity (Wildman–Crippen MR) is 106 cm³/mol. The van der Waals surface area contributed by atoms with E-state index in [9.17, 15) is 4.79 Å². The summed E-state index contributed by atoms with van der Waals surface area (Å²) in [6.45, 7) is 2.75. The molecule has 0 saturated carbocycles. The number of hydrogen-bond acceptors (Lipinski definition) is 4. The number of nitrogens with zero attached hydrogens (tertiary/aromatic N) is 2. The number of amides is 1. The highest BCUT2D eigenvalue weighted by atomic mass is 32.2. The van der Waals surface area contributed by atoms with E-state index in [0.717, 1.165) is 21.9 Å². The van der Waals surface area contributed by atoms with E-state index >= 15 is 0 Å². The Labute approximate surface area is 156 Å². The van der Waals surface area contributed by atoms with Crippen LogP contribution >= 0.6 is 23.5 Å². The molecule has 0 aliphatic heterocycles. The Kier molecular flexibility index (Phi) is 6.04. The number of aromatic nitrogens is 2. The van der Waals surface area contributed by atoms with Crippen LogP contribution in [-0.2, 0) is 11.8 Å². The van der Waals surface area contributed by atoms with Crippen LogP contribution in [0.1, 0.15) is 5.56 Å².